The highest BCUT2D eigenvalue weighted by Gasteiger charge is 2.32. The van der Waals surface area contributed by atoms with Crippen LogP contribution in [-0.2, 0) is 9.47 Å². The number of hydrogen-bond acceptors (Lipinski definition) is 2. The third-order valence-corrected chi connectivity index (χ3v) is 4.44. The smallest absolute Gasteiger partial charge is 0.163 e. The molecule has 0 heterocycles. The van der Waals surface area contributed by atoms with Gasteiger partial charge < -0.3 is 9.47 Å². The molecule has 0 atom stereocenters. The summed E-state index contributed by atoms with van der Waals surface area (Å²) in [5.41, 5.74) is 0.0783. The average molecular weight is 268 g/mol. The summed E-state index contributed by atoms with van der Waals surface area (Å²) in [4.78, 5) is 0. The molecule has 112 valence electrons. The van der Waals surface area contributed by atoms with Crippen LogP contribution in [-0.4, -0.2) is 18.5 Å². The molecule has 0 radical (unpaired) electrons. The van der Waals surface area contributed by atoms with Gasteiger partial charge in [0.25, 0.3) is 0 Å². The third kappa shape index (κ3) is 5.07. The van der Waals surface area contributed by atoms with Gasteiger partial charge in [-0.1, -0.05) is 59.3 Å². The molecule has 0 amide bonds. The maximum atomic E-state index is 6.34. The van der Waals surface area contributed by atoms with Crippen molar-refractivity contribution in [2.24, 2.45) is 5.41 Å². The highest BCUT2D eigenvalue weighted by molar-refractivity contribution is 4.75. The number of rotatable bonds is 4. The monoisotopic (exact) mass is 268 g/mol. The highest BCUT2D eigenvalue weighted by atomic mass is 16.7. The molecule has 2 nitrogen and oxygen atoms in total. The van der Waals surface area contributed by atoms with Crippen LogP contribution in [0.1, 0.15) is 85.0 Å². The first-order chi connectivity index (χ1) is 9.05. The molecule has 2 saturated carbocycles. The second-order valence-electron chi connectivity index (χ2n) is 7.49. The Balaban J connectivity index is 1.87. The molecule has 2 rings (SSSR count). The van der Waals surface area contributed by atoms with E-state index in [1.807, 2.05) is 0 Å². The van der Waals surface area contributed by atoms with E-state index in [0.29, 0.717) is 12.2 Å². The molecule has 19 heavy (non-hydrogen) atoms. The summed E-state index contributed by atoms with van der Waals surface area (Å²) in [7, 11) is 0. The molecule has 2 aliphatic carbocycles. The van der Waals surface area contributed by atoms with Crippen molar-refractivity contribution in [2.75, 3.05) is 0 Å². The highest BCUT2D eigenvalue weighted by Crippen LogP contribution is 2.32. The minimum atomic E-state index is -0.0290. The Hall–Kier alpha value is -0.0800. The minimum absolute atomic E-state index is 0.0290. The second-order valence-corrected chi connectivity index (χ2v) is 7.49. The van der Waals surface area contributed by atoms with Gasteiger partial charge in [-0.25, -0.2) is 0 Å². The van der Waals surface area contributed by atoms with Gasteiger partial charge in [-0.2, -0.15) is 0 Å². The van der Waals surface area contributed by atoms with Crippen molar-refractivity contribution in [2.45, 2.75) is 103 Å². The molecule has 0 aliphatic heterocycles. The summed E-state index contributed by atoms with van der Waals surface area (Å²) in [5, 5.41) is 0. The molecule has 0 spiro atoms. The predicted molar refractivity (Wildman–Crippen MR) is 79.2 cm³/mol. The van der Waals surface area contributed by atoms with E-state index in [1.54, 1.807) is 0 Å². The Morgan fingerprint density at radius 1 is 0.684 bits per heavy atom. The average Bonchev–Trinajstić information content (AvgIpc) is 2.39. The van der Waals surface area contributed by atoms with E-state index in [0.717, 1.165) is 0 Å². The molecule has 0 aromatic heterocycles. The summed E-state index contributed by atoms with van der Waals surface area (Å²) >= 11 is 0. The lowest BCUT2D eigenvalue weighted by atomic mass is 9.93. The molecular weight excluding hydrogens is 236 g/mol. The van der Waals surface area contributed by atoms with Gasteiger partial charge in [-0.3, -0.25) is 0 Å². The fourth-order valence-corrected chi connectivity index (χ4v) is 3.19. The molecule has 2 fully saturated rings. The Kier molecular flexibility index (Phi) is 5.70. The predicted octanol–water partition coefficient (Wildman–Crippen LogP) is 5.06. The van der Waals surface area contributed by atoms with Crippen LogP contribution in [0.5, 0.6) is 0 Å². The largest absolute Gasteiger partial charge is 0.349 e. The summed E-state index contributed by atoms with van der Waals surface area (Å²) < 4.78 is 12.7. The van der Waals surface area contributed by atoms with Crippen molar-refractivity contribution >= 4 is 0 Å². The van der Waals surface area contributed by atoms with Crippen molar-refractivity contribution in [1.82, 2.24) is 0 Å². The zero-order chi connectivity index (χ0) is 13.7. The zero-order valence-corrected chi connectivity index (χ0v) is 13.1. The Labute approximate surface area is 119 Å². The summed E-state index contributed by atoms with van der Waals surface area (Å²) in [5.74, 6) is 0. The molecule has 0 saturated heterocycles. The van der Waals surface area contributed by atoms with Crippen LogP contribution >= 0.6 is 0 Å². The normalized spacial score (nSPS) is 24.0. The van der Waals surface area contributed by atoms with Gasteiger partial charge in [0.1, 0.15) is 0 Å². The maximum Gasteiger partial charge on any atom is 0.163 e. The zero-order valence-electron chi connectivity index (χ0n) is 13.1. The van der Waals surface area contributed by atoms with Gasteiger partial charge in [0.05, 0.1) is 12.2 Å². The van der Waals surface area contributed by atoms with Crippen LogP contribution in [0, 0.1) is 5.41 Å². The van der Waals surface area contributed by atoms with Crippen LogP contribution in [0.15, 0.2) is 0 Å². The van der Waals surface area contributed by atoms with Gasteiger partial charge in [0, 0.05) is 5.41 Å². The van der Waals surface area contributed by atoms with E-state index < -0.39 is 0 Å². The number of ether oxygens (including phenoxy) is 2. The van der Waals surface area contributed by atoms with Crippen molar-refractivity contribution in [3.05, 3.63) is 0 Å². The van der Waals surface area contributed by atoms with Crippen molar-refractivity contribution < 1.29 is 9.47 Å². The first-order valence-electron chi connectivity index (χ1n) is 8.36. The van der Waals surface area contributed by atoms with E-state index in [1.165, 1.54) is 64.2 Å². The lowest BCUT2D eigenvalue weighted by Crippen LogP contribution is -2.39. The lowest BCUT2D eigenvalue weighted by molar-refractivity contribution is -0.245. The topological polar surface area (TPSA) is 18.5 Å². The van der Waals surface area contributed by atoms with E-state index >= 15 is 0 Å². The molecule has 0 N–H and O–H groups in total. The van der Waals surface area contributed by atoms with Crippen LogP contribution in [0.2, 0.25) is 0 Å². The fraction of sp³-hybridized carbons (Fsp3) is 1.00. The quantitative estimate of drug-likeness (QED) is 0.664. The molecule has 0 aromatic rings. The Morgan fingerprint density at radius 3 is 1.37 bits per heavy atom. The maximum absolute atomic E-state index is 6.34. The summed E-state index contributed by atoms with van der Waals surface area (Å²) in [6, 6.07) is 0. The lowest BCUT2D eigenvalue weighted by Gasteiger charge is -2.38. The minimum Gasteiger partial charge on any atom is -0.349 e. The molecule has 2 heteroatoms. The summed E-state index contributed by atoms with van der Waals surface area (Å²) in [6.45, 7) is 6.72. The molecule has 0 aromatic carbocycles. The first-order valence-corrected chi connectivity index (χ1v) is 8.36. The van der Waals surface area contributed by atoms with Crippen LogP contribution in [0.25, 0.3) is 0 Å². The fourth-order valence-electron chi connectivity index (χ4n) is 3.19. The molecular formula is C17H32O2. The van der Waals surface area contributed by atoms with Gasteiger partial charge in [0.2, 0.25) is 0 Å². The van der Waals surface area contributed by atoms with Crippen LogP contribution in [0.3, 0.4) is 0 Å². The molecule has 0 bridgehead atoms. The second kappa shape index (κ2) is 7.08. The van der Waals surface area contributed by atoms with Gasteiger partial charge in [0.15, 0.2) is 6.29 Å². The van der Waals surface area contributed by atoms with Crippen molar-refractivity contribution in [3.8, 4) is 0 Å². The SMILES string of the molecule is CC(C)(C)C(OC1CCCCC1)OC1CCCCC1. The van der Waals surface area contributed by atoms with Gasteiger partial charge in [-0.05, 0) is 25.7 Å². The van der Waals surface area contributed by atoms with Crippen molar-refractivity contribution in [1.29, 1.82) is 0 Å². The molecule has 2 aliphatic rings. The van der Waals surface area contributed by atoms with E-state index in [9.17, 15) is 0 Å². The Bertz CT molecular complexity index is 224. The van der Waals surface area contributed by atoms with Crippen LogP contribution in [0.4, 0.5) is 0 Å². The van der Waals surface area contributed by atoms with Gasteiger partial charge in [-0.15, -0.1) is 0 Å². The third-order valence-electron chi connectivity index (χ3n) is 4.44. The van der Waals surface area contributed by atoms with Gasteiger partial charge >= 0.3 is 0 Å². The van der Waals surface area contributed by atoms with Crippen LogP contribution < -0.4 is 0 Å². The molecule has 0 unspecified atom stereocenters. The van der Waals surface area contributed by atoms with E-state index in [2.05, 4.69) is 20.8 Å². The standard InChI is InChI=1S/C17H32O2/c1-17(2,3)16(18-14-10-6-4-7-11-14)19-15-12-8-5-9-13-15/h14-16H,4-13H2,1-3H3. The Morgan fingerprint density at radius 2 is 1.05 bits per heavy atom. The van der Waals surface area contributed by atoms with Crippen molar-refractivity contribution in [3.63, 3.8) is 0 Å². The number of hydrogen-bond donors (Lipinski definition) is 0. The summed E-state index contributed by atoms with van der Waals surface area (Å²) in [6.07, 6.45) is 13.8. The van der Waals surface area contributed by atoms with E-state index in [-0.39, 0.29) is 11.7 Å². The first kappa shape index (κ1) is 15.3. The van der Waals surface area contributed by atoms with E-state index in [4.69, 9.17) is 9.47 Å².